The standard InChI is InChI=1S/C17H18N2O2S/c20-22(21,13-14-6-2-1-3-7-14)19-11-10-15-12-18-17-9-5-4-8-16(15)17/h1-9,12,18-19H,10-11,13H2. The van der Waals surface area contributed by atoms with Gasteiger partial charge in [-0.2, -0.15) is 0 Å². The van der Waals surface area contributed by atoms with Crippen molar-refractivity contribution in [2.45, 2.75) is 12.2 Å². The average Bonchev–Trinajstić information content (AvgIpc) is 2.91. The number of fused-ring (bicyclic) bond motifs is 1. The topological polar surface area (TPSA) is 62.0 Å². The first-order chi connectivity index (χ1) is 10.6. The van der Waals surface area contributed by atoms with Crippen LogP contribution >= 0.6 is 0 Å². The fourth-order valence-corrected chi connectivity index (χ4v) is 3.67. The molecule has 2 N–H and O–H groups in total. The van der Waals surface area contributed by atoms with Gasteiger partial charge in [-0.05, 0) is 23.6 Å². The van der Waals surface area contributed by atoms with Crippen LogP contribution in [-0.2, 0) is 22.2 Å². The maximum Gasteiger partial charge on any atom is 0.215 e. The first-order valence-electron chi connectivity index (χ1n) is 7.20. The molecule has 1 heterocycles. The Balaban J connectivity index is 1.60. The van der Waals surface area contributed by atoms with Gasteiger partial charge in [-0.1, -0.05) is 48.5 Å². The van der Waals surface area contributed by atoms with Crippen molar-refractivity contribution in [1.82, 2.24) is 9.71 Å². The van der Waals surface area contributed by atoms with Crippen LogP contribution in [0.3, 0.4) is 0 Å². The summed E-state index contributed by atoms with van der Waals surface area (Å²) < 4.78 is 26.8. The molecule has 3 aromatic rings. The summed E-state index contributed by atoms with van der Waals surface area (Å²) in [6, 6.07) is 17.2. The fraction of sp³-hybridized carbons (Fsp3) is 0.176. The van der Waals surface area contributed by atoms with Crippen LogP contribution in [0.25, 0.3) is 10.9 Å². The van der Waals surface area contributed by atoms with Gasteiger partial charge < -0.3 is 4.98 Å². The van der Waals surface area contributed by atoms with Crippen molar-refractivity contribution >= 4 is 20.9 Å². The zero-order chi connectivity index (χ0) is 15.4. The van der Waals surface area contributed by atoms with E-state index in [1.54, 1.807) is 0 Å². The van der Waals surface area contributed by atoms with E-state index in [1.165, 1.54) is 0 Å². The van der Waals surface area contributed by atoms with Gasteiger partial charge in [0.15, 0.2) is 0 Å². The van der Waals surface area contributed by atoms with E-state index in [2.05, 4.69) is 9.71 Å². The highest BCUT2D eigenvalue weighted by atomic mass is 32.2. The van der Waals surface area contributed by atoms with Crippen LogP contribution in [0, 0.1) is 0 Å². The number of aromatic nitrogens is 1. The monoisotopic (exact) mass is 314 g/mol. The van der Waals surface area contributed by atoms with E-state index < -0.39 is 10.0 Å². The number of nitrogens with one attached hydrogen (secondary N) is 2. The van der Waals surface area contributed by atoms with E-state index in [0.717, 1.165) is 22.0 Å². The Morgan fingerprint density at radius 2 is 1.68 bits per heavy atom. The Bertz CT molecular complexity index is 855. The predicted octanol–water partition coefficient (Wildman–Crippen LogP) is 2.83. The number of para-hydroxylation sites is 1. The Morgan fingerprint density at radius 3 is 2.50 bits per heavy atom. The van der Waals surface area contributed by atoms with Crippen molar-refractivity contribution in [1.29, 1.82) is 0 Å². The molecule has 0 aliphatic rings. The zero-order valence-corrected chi connectivity index (χ0v) is 12.9. The molecule has 3 rings (SSSR count). The molecule has 0 unspecified atom stereocenters. The summed E-state index contributed by atoms with van der Waals surface area (Å²) in [6.45, 7) is 0.400. The van der Waals surface area contributed by atoms with Gasteiger partial charge in [-0.3, -0.25) is 0 Å². The van der Waals surface area contributed by atoms with Crippen LogP contribution in [0.4, 0.5) is 0 Å². The Morgan fingerprint density at radius 1 is 0.955 bits per heavy atom. The summed E-state index contributed by atoms with van der Waals surface area (Å²) in [5.74, 6) is 0.0156. The van der Waals surface area contributed by atoms with E-state index in [1.807, 2.05) is 60.8 Å². The summed E-state index contributed by atoms with van der Waals surface area (Å²) in [6.07, 6.45) is 2.61. The van der Waals surface area contributed by atoms with Crippen LogP contribution in [0.2, 0.25) is 0 Å². The number of hydrogen-bond acceptors (Lipinski definition) is 2. The van der Waals surface area contributed by atoms with Crippen molar-refractivity contribution in [3.8, 4) is 0 Å². The minimum atomic E-state index is -3.30. The third kappa shape index (κ3) is 3.55. The maximum atomic E-state index is 12.1. The molecule has 0 spiro atoms. The first-order valence-corrected chi connectivity index (χ1v) is 8.85. The Kier molecular flexibility index (Phi) is 4.27. The number of sulfonamides is 1. The lowest BCUT2D eigenvalue weighted by atomic mass is 10.1. The number of benzene rings is 2. The summed E-state index contributed by atoms with van der Waals surface area (Å²) >= 11 is 0. The highest BCUT2D eigenvalue weighted by molar-refractivity contribution is 7.88. The molecule has 0 atom stereocenters. The van der Waals surface area contributed by atoms with Gasteiger partial charge in [0, 0.05) is 23.6 Å². The second kappa shape index (κ2) is 6.34. The van der Waals surface area contributed by atoms with Crippen LogP contribution in [0.15, 0.2) is 60.8 Å². The molecular weight excluding hydrogens is 296 g/mol. The third-order valence-corrected chi connectivity index (χ3v) is 4.95. The molecule has 0 saturated heterocycles. The zero-order valence-electron chi connectivity index (χ0n) is 12.1. The molecule has 0 fully saturated rings. The lowest BCUT2D eigenvalue weighted by Crippen LogP contribution is -2.27. The molecular formula is C17H18N2O2S. The van der Waals surface area contributed by atoms with Gasteiger partial charge in [0.25, 0.3) is 0 Å². The van der Waals surface area contributed by atoms with Crippen molar-refractivity contribution in [2.75, 3.05) is 6.54 Å². The van der Waals surface area contributed by atoms with E-state index in [4.69, 9.17) is 0 Å². The molecule has 0 bridgehead atoms. The smallest absolute Gasteiger partial charge is 0.215 e. The maximum absolute atomic E-state index is 12.1. The van der Waals surface area contributed by atoms with Crippen molar-refractivity contribution in [2.24, 2.45) is 0 Å². The minimum absolute atomic E-state index is 0.0156. The molecule has 0 saturated carbocycles. The van der Waals surface area contributed by atoms with Gasteiger partial charge in [-0.25, -0.2) is 13.1 Å². The van der Waals surface area contributed by atoms with Crippen LogP contribution in [0.5, 0.6) is 0 Å². The SMILES string of the molecule is O=S(=O)(Cc1ccccc1)NCCc1c[nH]c2ccccc12. The number of hydrogen-bond donors (Lipinski definition) is 2. The number of aromatic amines is 1. The summed E-state index contributed by atoms with van der Waals surface area (Å²) in [5.41, 5.74) is 2.99. The van der Waals surface area contributed by atoms with E-state index >= 15 is 0 Å². The normalized spacial score (nSPS) is 11.8. The Hall–Kier alpha value is -2.11. The van der Waals surface area contributed by atoms with Crippen molar-refractivity contribution in [3.63, 3.8) is 0 Å². The van der Waals surface area contributed by atoms with Crippen LogP contribution in [0.1, 0.15) is 11.1 Å². The minimum Gasteiger partial charge on any atom is -0.361 e. The summed E-state index contributed by atoms with van der Waals surface area (Å²) in [5, 5.41) is 1.14. The molecule has 0 amide bonds. The van der Waals surface area contributed by atoms with Crippen LogP contribution < -0.4 is 4.72 Å². The highest BCUT2D eigenvalue weighted by Gasteiger charge is 2.11. The van der Waals surface area contributed by atoms with Gasteiger partial charge in [0.05, 0.1) is 5.75 Å². The molecule has 22 heavy (non-hydrogen) atoms. The van der Waals surface area contributed by atoms with E-state index in [-0.39, 0.29) is 5.75 Å². The second-order valence-corrected chi connectivity index (χ2v) is 7.06. The van der Waals surface area contributed by atoms with Gasteiger partial charge in [-0.15, -0.1) is 0 Å². The van der Waals surface area contributed by atoms with Crippen LogP contribution in [-0.4, -0.2) is 19.9 Å². The fourth-order valence-electron chi connectivity index (χ4n) is 2.52. The number of rotatable bonds is 6. The molecule has 0 aliphatic carbocycles. The van der Waals surface area contributed by atoms with Crippen molar-refractivity contribution < 1.29 is 8.42 Å². The van der Waals surface area contributed by atoms with Gasteiger partial charge in [0.1, 0.15) is 0 Å². The molecule has 0 aliphatic heterocycles. The quantitative estimate of drug-likeness (QED) is 0.735. The van der Waals surface area contributed by atoms with Gasteiger partial charge in [0.2, 0.25) is 10.0 Å². The third-order valence-electron chi connectivity index (χ3n) is 3.59. The average molecular weight is 314 g/mol. The highest BCUT2D eigenvalue weighted by Crippen LogP contribution is 2.17. The molecule has 4 nitrogen and oxygen atoms in total. The van der Waals surface area contributed by atoms with E-state index in [0.29, 0.717) is 13.0 Å². The lowest BCUT2D eigenvalue weighted by molar-refractivity contribution is 0.581. The van der Waals surface area contributed by atoms with Crippen molar-refractivity contribution in [3.05, 3.63) is 71.9 Å². The van der Waals surface area contributed by atoms with E-state index in [9.17, 15) is 8.42 Å². The molecule has 5 heteroatoms. The number of H-pyrrole nitrogens is 1. The van der Waals surface area contributed by atoms with Gasteiger partial charge >= 0.3 is 0 Å². The Labute approximate surface area is 130 Å². The molecule has 0 radical (unpaired) electrons. The largest absolute Gasteiger partial charge is 0.361 e. The summed E-state index contributed by atoms with van der Waals surface area (Å²) in [4.78, 5) is 3.20. The summed E-state index contributed by atoms with van der Waals surface area (Å²) in [7, 11) is -3.30. The predicted molar refractivity (Wildman–Crippen MR) is 89.1 cm³/mol. The molecule has 2 aromatic carbocycles. The lowest BCUT2D eigenvalue weighted by Gasteiger charge is -2.06. The molecule has 114 valence electrons. The first kappa shape index (κ1) is 14.8. The molecule has 1 aromatic heterocycles. The second-order valence-electron chi connectivity index (χ2n) is 5.25.